The molecule has 38 heavy (non-hydrogen) atoms. The molecule has 0 fully saturated rings. The summed E-state index contributed by atoms with van der Waals surface area (Å²) in [4.78, 5) is 42.3. The van der Waals surface area contributed by atoms with Crippen LogP contribution < -0.4 is 10.1 Å². The molecule has 9 nitrogen and oxygen atoms in total. The summed E-state index contributed by atoms with van der Waals surface area (Å²) in [5, 5.41) is 15.2. The molecule has 0 aliphatic heterocycles. The van der Waals surface area contributed by atoms with Crippen molar-refractivity contribution < 1.29 is 24.2 Å². The van der Waals surface area contributed by atoms with Crippen LogP contribution in [-0.4, -0.2) is 64.6 Å². The van der Waals surface area contributed by atoms with E-state index in [1.54, 1.807) is 12.3 Å². The minimum atomic E-state index is -0.942. The Morgan fingerprint density at radius 3 is 2.45 bits per heavy atom. The van der Waals surface area contributed by atoms with Crippen molar-refractivity contribution in [1.82, 2.24) is 19.8 Å². The van der Waals surface area contributed by atoms with Gasteiger partial charge in [0.2, 0.25) is 0 Å². The molecule has 0 aliphatic carbocycles. The average molecular weight is 563 g/mol. The van der Waals surface area contributed by atoms with Crippen molar-refractivity contribution in [3.05, 3.63) is 47.8 Å². The Morgan fingerprint density at radius 2 is 1.76 bits per heavy atom. The fraction of sp³-hybridized carbons (Fsp3) is 0.333. The van der Waals surface area contributed by atoms with E-state index in [1.807, 2.05) is 57.2 Å². The number of esters is 1. The van der Waals surface area contributed by atoms with E-state index in [-0.39, 0.29) is 50.0 Å². The molecular formula is C27H32Cl2N4O5. The number of hydrogen-bond acceptors (Lipinski definition) is 6. The maximum atomic E-state index is 13.0. The van der Waals surface area contributed by atoms with Crippen LogP contribution in [0.5, 0.6) is 5.75 Å². The van der Waals surface area contributed by atoms with Gasteiger partial charge in [0.25, 0.3) is 5.91 Å². The molecule has 0 bridgehead atoms. The lowest BCUT2D eigenvalue weighted by Crippen LogP contribution is -2.31. The second kappa shape index (κ2) is 12.9. The molecule has 0 saturated heterocycles. The molecule has 0 unspecified atom stereocenters. The highest BCUT2D eigenvalue weighted by Crippen LogP contribution is 2.37. The molecule has 2 aromatic heterocycles. The van der Waals surface area contributed by atoms with Gasteiger partial charge in [0, 0.05) is 60.9 Å². The highest BCUT2D eigenvalue weighted by Gasteiger charge is 2.19. The van der Waals surface area contributed by atoms with E-state index in [1.165, 1.54) is 0 Å². The van der Waals surface area contributed by atoms with Crippen molar-refractivity contribution in [2.75, 3.05) is 27.2 Å². The zero-order valence-electron chi connectivity index (χ0n) is 21.7. The van der Waals surface area contributed by atoms with Gasteiger partial charge in [-0.25, -0.2) is 0 Å². The van der Waals surface area contributed by atoms with Crippen molar-refractivity contribution >= 4 is 75.2 Å². The smallest absolute Gasteiger partial charge is 0.311 e. The minimum absolute atomic E-state index is 0. The van der Waals surface area contributed by atoms with Gasteiger partial charge in [0.1, 0.15) is 11.4 Å². The maximum Gasteiger partial charge on any atom is 0.311 e. The second-order valence-electron chi connectivity index (χ2n) is 9.17. The van der Waals surface area contributed by atoms with Crippen LogP contribution in [0.4, 0.5) is 0 Å². The molecule has 11 heteroatoms. The number of rotatable bonds is 9. The van der Waals surface area contributed by atoms with Gasteiger partial charge in [0.05, 0.1) is 5.52 Å². The molecule has 0 aliphatic rings. The molecule has 2 N–H and O–H groups in total. The van der Waals surface area contributed by atoms with Crippen molar-refractivity contribution in [3.8, 4) is 5.75 Å². The number of hydrogen-bond donors (Lipinski definition) is 2. The van der Waals surface area contributed by atoms with Gasteiger partial charge in [0.15, 0.2) is 0 Å². The lowest BCUT2D eigenvalue weighted by Gasteiger charge is -2.12. The van der Waals surface area contributed by atoms with E-state index >= 15 is 0 Å². The third-order valence-corrected chi connectivity index (χ3v) is 6.31. The zero-order valence-corrected chi connectivity index (χ0v) is 23.4. The van der Waals surface area contributed by atoms with Crippen LogP contribution in [0.3, 0.4) is 0 Å². The molecule has 1 amide bonds. The normalized spacial score (nSPS) is 10.9. The van der Waals surface area contributed by atoms with Gasteiger partial charge in [-0.2, -0.15) is 0 Å². The summed E-state index contributed by atoms with van der Waals surface area (Å²) in [7, 11) is 5.88. The highest BCUT2D eigenvalue weighted by molar-refractivity contribution is 6.17. The number of ether oxygens (including phenoxy) is 1. The fourth-order valence-electron chi connectivity index (χ4n) is 4.56. The Bertz CT molecular complexity index is 1500. The maximum absolute atomic E-state index is 13.0. The van der Waals surface area contributed by atoms with Crippen molar-refractivity contribution in [1.29, 1.82) is 0 Å². The van der Waals surface area contributed by atoms with Crippen LogP contribution in [0.15, 0.2) is 36.5 Å². The predicted molar refractivity (Wildman–Crippen MR) is 153 cm³/mol. The number of pyridine rings is 1. The topological polar surface area (TPSA) is 114 Å². The molecule has 4 rings (SSSR count). The SMILES string of the molecule is Cc1c2ccnc(C(=O)NCCN(C)C)c2cc2c3cc(OC(=O)CCCC(=O)O)ccc3n(C)c12.Cl.Cl. The third kappa shape index (κ3) is 6.35. The number of benzene rings is 2. The van der Waals surface area contributed by atoms with Crippen molar-refractivity contribution in [3.63, 3.8) is 0 Å². The number of halogens is 2. The van der Waals surface area contributed by atoms with Crippen LogP contribution in [0.25, 0.3) is 32.6 Å². The van der Waals surface area contributed by atoms with Gasteiger partial charge < -0.3 is 24.6 Å². The highest BCUT2D eigenvalue weighted by atomic mass is 35.5. The number of fused-ring (bicyclic) bond motifs is 4. The van der Waals surface area contributed by atoms with E-state index in [2.05, 4.69) is 14.9 Å². The lowest BCUT2D eigenvalue weighted by molar-refractivity contribution is -0.137. The fourth-order valence-corrected chi connectivity index (χ4v) is 4.56. The first-order valence-electron chi connectivity index (χ1n) is 11.8. The van der Waals surface area contributed by atoms with Crippen LogP contribution in [0.2, 0.25) is 0 Å². The number of carbonyl (C=O) groups is 3. The number of aromatic nitrogens is 2. The summed E-state index contributed by atoms with van der Waals surface area (Å²) in [6.07, 6.45) is 1.83. The van der Waals surface area contributed by atoms with Gasteiger partial charge in [-0.3, -0.25) is 19.4 Å². The van der Waals surface area contributed by atoms with E-state index in [4.69, 9.17) is 9.84 Å². The Kier molecular flexibility index (Phi) is 10.5. The predicted octanol–water partition coefficient (Wildman–Crippen LogP) is 4.48. The number of carboxylic acids is 1. The van der Waals surface area contributed by atoms with Gasteiger partial charge in [-0.1, -0.05) is 0 Å². The standard InChI is InChI=1S/C27H30N4O5.2ClH/c1-16-18-10-11-28-25(27(35)29-12-13-30(2)3)20(18)15-21-19-14-17(8-9-22(19)31(4)26(16)21)36-24(34)7-5-6-23(32)33;;/h8-11,14-15H,5-7,12-13H2,1-4H3,(H,29,35)(H,32,33);2*1H. The van der Waals surface area contributed by atoms with Crippen LogP contribution in [0, 0.1) is 6.92 Å². The van der Waals surface area contributed by atoms with Gasteiger partial charge >= 0.3 is 11.9 Å². The summed E-state index contributed by atoms with van der Waals surface area (Å²) in [6, 6.07) is 9.34. The van der Waals surface area contributed by atoms with Crippen LogP contribution in [-0.2, 0) is 16.6 Å². The monoisotopic (exact) mass is 562 g/mol. The number of carboxylic acid groups (broad SMARTS) is 1. The molecule has 0 saturated carbocycles. The summed E-state index contributed by atoms with van der Waals surface area (Å²) in [6.45, 7) is 3.27. The van der Waals surface area contributed by atoms with E-state index in [9.17, 15) is 14.4 Å². The molecule has 0 atom stereocenters. The number of likely N-dealkylation sites (N-methyl/N-ethyl adjacent to an activating group) is 1. The number of amides is 1. The molecule has 2 heterocycles. The van der Waals surface area contributed by atoms with Crippen molar-refractivity contribution in [2.45, 2.75) is 26.2 Å². The molecule has 0 spiro atoms. The van der Waals surface area contributed by atoms with E-state index in [0.29, 0.717) is 18.0 Å². The molecule has 2 aromatic carbocycles. The Balaban J connectivity index is 0.00000253. The summed E-state index contributed by atoms with van der Waals surface area (Å²) >= 11 is 0. The first-order valence-corrected chi connectivity index (χ1v) is 11.8. The van der Waals surface area contributed by atoms with Crippen LogP contribution in [0.1, 0.15) is 35.3 Å². The average Bonchev–Trinajstić information content (AvgIpc) is 3.09. The quantitative estimate of drug-likeness (QED) is 0.228. The van der Waals surface area contributed by atoms with Gasteiger partial charge in [-0.15, -0.1) is 24.8 Å². The van der Waals surface area contributed by atoms with E-state index in [0.717, 1.165) is 44.7 Å². The zero-order chi connectivity index (χ0) is 26.0. The summed E-state index contributed by atoms with van der Waals surface area (Å²) in [5.74, 6) is -1.25. The first kappa shape index (κ1) is 30.8. The number of aryl methyl sites for hydroxylation is 2. The molecule has 0 radical (unpaired) electrons. The summed E-state index contributed by atoms with van der Waals surface area (Å²) in [5.41, 5.74) is 3.37. The number of aliphatic carboxylic acids is 1. The second-order valence-corrected chi connectivity index (χ2v) is 9.17. The number of nitrogens with zero attached hydrogens (tertiary/aromatic N) is 3. The third-order valence-electron chi connectivity index (χ3n) is 6.31. The first-order chi connectivity index (χ1) is 17.2. The Hall–Kier alpha value is -3.40. The van der Waals surface area contributed by atoms with E-state index < -0.39 is 11.9 Å². The molecular weight excluding hydrogens is 531 g/mol. The van der Waals surface area contributed by atoms with Gasteiger partial charge in [-0.05, 0) is 68.7 Å². The molecule has 4 aromatic rings. The largest absolute Gasteiger partial charge is 0.481 e. The summed E-state index contributed by atoms with van der Waals surface area (Å²) < 4.78 is 7.58. The lowest BCUT2D eigenvalue weighted by atomic mass is 10.00. The molecule has 204 valence electrons. The Labute approximate surface area is 233 Å². The minimum Gasteiger partial charge on any atom is -0.481 e. The number of nitrogens with one attached hydrogen (secondary N) is 1. The van der Waals surface area contributed by atoms with Crippen molar-refractivity contribution in [2.24, 2.45) is 7.05 Å². The number of carbonyl (C=O) groups excluding carboxylic acids is 2. The van der Waals surface area contributed by atoms with Crippen LogP contribution >= 0.6 is 24.8 Å². The Morgan fingerprint density at radius 1 is 1.03 bits per heavy atom.